The van der Waals surface area contributed by atoms with Crippen molar-refractivity contribution in [2.75, 3.05) is 36.5 Å². The van der Waals surface area contributed by atoms with E-state index in [0.29, 0.717) is 38.1 Å². The van der Waals surface area contributed by atoms with Gasteiger partial charge in [0.05, 0.1) is 35.7 Å². The summed E-state index contributed by atoms with van der Waals surface area (Å²) in [5, 5.41) is 16.0. The maximum atomic E-state index is 9.54. The maximum absolute atomic E-state index is 9.54. The predicted molar refractivity (Wildman–Crippen MR) is 92.6 cm³/mol. The van der Waals surface area contributed by atoms with Gasteiger partial charge in [-0.2, -0.15) is 4.98 Å². The van der Waals surface area contributed by atoms with Crippen LogP contribution in [0.25, 0.3) is 0 Å². The number of nitrogens with one attached hydrogen (secondary N) is 1. The van der Waals surface area contributed by atoms with Crippen molar-refractivity contribution in [1.29, 1.82) is 0 Å². The Morgan fingerprint density at radius 2 is 2.25 bits per heavy atom. The van der Waals surface area contributed by atoms with Gasteiger partial charge in [-0.3, -0.25) is 0 Å². The summed E-state index contributed by atoms with van der Waals surface area (Å²) in [6.45, 7) is 5.33. The molecule has 0 saturated carbocycles. The van der Waals surface area contributed by atoms with Crippen LogP contribution in [0, 0.1) is 6.92 Å². The summed E-state index contributed by atoms with van der Waals surface area (Å²) in [4.78, 5) is 15.8. The van der Waals surface area contributed by atoms with Crippen molar-refractivity contribution in [3.05, 3.63) is 27.8 Å². The van der Waals surface area contributed by atoms with Crippen LogP contribution in [0.1, 0.15) is 28.7 Å². The molecule has 2 saturated heterocycles. The standard InChI is InChI=1S/C16H21N5O2S/c1-10-18-12(9-24-10)5-17-15-4-14(11-2-3-23-8-11)19-16(20-15)21-6-13(22)7-21/h4,9,11,13,22H,2-3,5-8H2,1H3,(H,17,19,20)/t11-/m0/s1. The second-order valence-corrected chi connectivity index (χ2v) is 7.37. The summed E-state index contributed by atoms with van der Waals surface area (Å²) in [5.74, 6) is 1.80. The van der Waals surface area contributed by atoms with E-state index in [1.807, 2.05) is 17.9 Å². The van der Waals surface area contributed by atoms with Gasteiger partial charge in [0.15, 0.2) is 0 Å². The summed E-state index contributed by atoms with van der Waals surface area (Å²) in [6.07, 6.45) is 0.713. The van der Waals surface area contributed by atoms with Crippen molar-refractivity contribution in [2.45, 2.75) is 31.9 Å². The van der Waals surface area contributed by atoms with Crippen LogP contribution in [0.4, 0.5) is 11.8 Å². The van der Waals surface area contributed by atoms with Crippen molar-refractivity contribution in [3.63, 3.8) is 0 Å². The lowest BCUT2D eigenvalue weighted by Gasteiger charge is -2.36. The molecule has 128 valence electrons. The van der Waals surface area contributed by atoms with Crippen LogP contribution >= 0.6 is 11.3 Å². The first-order chi connectivity index (χ1) is 11.7. The number of anilines is 2. The lowest BCUT2D eigenvalue weighted by molar-refractivity contribution is 0.140. The molecule has 24 heavy (non-hydrogen) atoms. The Labute approximate surface area is 144 Å². The molecule has 2 aliphatic rings. The topological polar surface area (TPSA) is 83.4 Å². The molecule has 0 bridgehead atoms. The molecule has 8 heteroatoms. The van der Waals surface area contributed by atoms with E-state index in [1.54, 1.807) is 11.3 Å². The Morgan fingerprint density at radius 1 is 1.38 bits per heavy atom. The summed E-state index contributed by atoms with van der Waals surface area (Å²) in [6, 6.07) is 2.01. The van der Waals surface area contributed by atoms with E-state index >= 15 is 0 Å². The van der Waals surface area contributed by atoms with E-state index in [1.165, 1.54) is 0 Å². The number of ether oxygens (including phenoxy) is 1. The van der Waals surface area contributed by atoms with Crippen LogP contribution in [0.15, 0.2) is 11.4 Å². The van der Waals surface area contributed by atoms with Crippen molar-refractivity contribution in [1.82, 2.24) is 15.0 Å². The Bertz CT molecular complexity index is 710. The van der Waals surface area contributed by atoms with Crippen LogP contribution in [0.3, 0.4) is 0 Å². The zero-order valence-electron chi connectivity index (χ0n) is 13.6. The number of aliphatic hydroxyl groups is 1. The monoisotopic (exact) mass is 347 g/mol. The van der Waals surface area contributed by atoms with Gasteiger partial charge in [0, 0.05) is 37.1 Å². The Morgan fingerprint density at radius 3 is 2.92 bits per heavy atom. The minimum absolute atomic E-state index is 0.276. The summed E-state index contributed by atoms with van der Waals surface area (Å²) in [5.41, 5.74) is 2.03. The Balaban J connectivity index is 1.54. The third kappa shape index (κ3) is 3.35. The highest BCUT2D eigenvalue weighted by Crippen LogP contribution is 2.28. The SMILES string of the molecule is Cc1nc(CNc2cc([C@H]3CCOC3)nc(N3CC(O)C3)n2)cs1. The molecule has 1 atom stereocenters. The molecule has 0 spiro atoms. The fourth-order valence-electron chi connectivity index (χ4n) is 2.95. The summed E-state index contributed by atoms with van der Waals surface area (Å²) in [7, 11) is 0. The second-order valence-electron chi connectivity index (χ2n) is 6.31. The lowest BCUT2D eigenvalue weighted by atomic mass is 10.0. The molecule has 2 aromatic rings. The first kappa shape index (κ1) is 15.7. The average molecular weight is 347 g/mol. The predicted octanol–water partition coefficient (Wildman–Crippen LogP) is 1.54. The number of aryl methyl sites for hydroxylation is 1. The molecule has 0 unspecified atom stereocenters. The van der Waals surface area contributed by atoms with Crippen LogP contribution < -0.4 is 10.2 Å². The van der Waals surface area contributed by atoms with Gasteiger partial charge >= 0.3 is 0 Å². The molecule has 4 heterocycles. The molecule has 2 fully saturated rings. The van der Waals surface area contributed by atoms with Gasteiger partial charge in [-0.05, 0) is 13.3 Å². The van der Waals surface area contributed by atoms with Gasteiger partial charge in [0.2, 0.25) is 5.95 Å². The van der Waals surface area contributed by atoms with Crippen LogP contribution in [-0.2, 0) is 11.3 Å². The molecule has 2 aromatic heterocycles. The van der Waals surface area contributed by atoms with Crippen molar-refractivity contribution in [2.24, 2.45) is 0 Å². The maximum Gasteiger partial charge on any atom is 0.227 e. The van der Waals surface area contributed by atoms with E-state index in [4.69, 9.17) is 9.72 Å². The number of hydrogen-bond acceptors (Lipinski definition) is 8. The Kier molecular flexibility index (Phi) is 4.34. The lowest BCUT2D eigenvalue weighted by Crippen LogP contribution is -2.51. The van der Waals surface area contributed by atoms with Crippen molar-refractivity contribution in [3.8, 4) is 0 Å². The highest BCUT2D eigenvalue weighted by Gasteiger charge is 2.28. The molecule has 0 aliphatic carbocycles. The molecule has 7 nitrogen and oxygen atoms in total. The zero-order valence-corrected chi connectivity index (χ0v) is 14.4. The van der Waals surface area contributed by atoms with Crippen LogP contribution in [-0.4, -0.2) is 52.5 Å². The van der Waals surface area contributed by atoms with E-state index < -0.39 is 0 Å². The van der Waals surface area contributed by atoms with E-state index in [-0.39, 0.29) is 6.10 Å². The van der Waals surface area contributed by atoms with Crippen LogP contribution in [0.2, 0.25) is 0 Å². The highest BCUT2D eigenvalue weighted by atomic mass is 32.1. The molecule has 0 amide bonds. The number of rotatable bonds is 5. The minimum atomic E-state index is -0.276. The third-order valence-electron chi connectivity index (χ3n) is 4.34. The summed E-state index contributed by atoms with van der Waals surface area (Å²) >= 11 is 1.65. The quantitative estimate of drug-likeness (QED) is 0.849. The first-order valence-electron chi connectivity index (χ1n) is 8.22. The normalized spacial score (nSPS) is 21.1. The first-order valence-corrected chi connectivity index (χ1v) is 9.10. The molecule has 2 N–H and O–H groups in total. The summed E-state index contributed by atoms with van der Waals surface area (Å²) < 4.78 is 5.50. The zero-order chi connectivity index (χ0) is 16.5. The fraction of sp³-hybridized carbons (Fsp3) is 0.562. The van der Waals surface area contributed by atoms with Crippen molar-refractivity contribution < 1.29 is 9.84 Å². The van der Waals surface area contributed by atoms with Gasteiger partial charge in [0.1, 0.15) is 5.82 Å². The van der Waals surface area contributed by atoms with E-state index in [0.717, 1.165) is 35.2 Å². The number of hydrogen-bond donors (Lipinski definition) is 2. The van der Waals surface area contributed by atoms with Gasteiger partial charge in [-0.25, -0.2) is 9.97 Å². The number of aliphatic hydroxyl groups excluding tert-OH is 1. The van der Waals surface area contributed by atoms with Gasteiger partial charge < -0.3 is 20.1 Å². The molecular weight excluding hydrogens is 326 g/mol. The smallest absolute Gasteiger partial charge is 0.227 e. The molecular formula is C16H21N5O2S. The molecule has 4 rings (SSSR count). The van der Waals surface area contributed by atoms with Gasteiger partial charge in [-0.1, -0.05) is 0 Å². The fourth-order valence-corrected chi connectivity index (χ4v) is 3.56. The second kappa shape index (κ2) is 6.62. The molecule has 0 radical (unpaired) electrons. The average Bonchev–Trinajstić information content (AvgIpc) is 3.21. The number of β-amino-alcohol motifs (C(OH)–C–C–N with tert-alkyl or cyclic N) is 1. The van der Waals surface area contributed by atoms with E-state index in [2.05, 4.69) is 20.7 Å². The highest BCUT2D eigenvalue weighted by molar-refractivity contribution is 7.09. The number of aromatic nitrogens is 3. The number of thiazole rings is 1. The molecule has 0 aromatic carbocycles. The van der Waals surface area contributed by atoms with Gasteiger partial charge in [-0.15, -0.1) is 11.3 Å². The Hall–Kier alpha value is -1.77. The number of nitrogens with zero attached hydrogens (tertiary/aromatic N) is 4. The largest absolute Gasteiger partial charge is 0.389 e. The third-order valence-corrected chi connectivity index (χ3v) is 5.17. The van der Waals surface area contributed by atoms with E-state index in [9.17, 15) is 5.11 Å². The van der Waals surface area contributed by atoms with Gasteiger partial charge in [0.25, 0.3) is 0 Å². The van der Waals surface area contributed by atoms with Crippen molar-refractivity contribution >= 4 is 23.1 Å². The minimum Gasteiger partial charge on any atom is -0.389 e. The van der Waals surface area contributed by atoms with Crippen LogP contribution in [0.5, 0.6) is 0 Å². The molecule has 2 aliphatic heterocycles.